The Hall–Kier alpha value is -1.98. The van der Waals surface area contributed by atoms with Gasteiger partial charge in [-0.1, -0.05) is 24.3 Å². The number of hydrogen-bond acceptors (Lipinski definition) is 4. The van der Waals surface area contributed by atoms with E-state index in [0.717, 1.165) is 23.6 Å². The van der Waals surface area contributed by atoms with E-state index in [1.54, 1.807) is 6.21 Å². The van der Waals surface area contributed by atoms with E-state index in [1.165, 1.54) is 0 Å². The SMILES string of the molecule is C1=CC=NN(c2ccccc2)C=C1.ON1CCCCC1F. The Kier molecular flexibility index (Phi) is 6.12. The first-order valence-corrected chi connectivity index (χ1v) is 7.08. The molecule has 0 radical (unpaired) electrons. The predicted octanol–water partition coefficient (Wildman–Crippen LogP) is 3.72. The first kappa shape index (κ1) is 15.4. The van der Waals surface area contributed by atoms with Crippen molar-refractivity contribution in [3.63, 3.8) is 0 Å². The minimum atomic E-state index is -1.11. The molecule has 0 spiro atoms. The van der Waals surface area contributed by atoms with Crippen LogP contribution < -0.4 is 5.01 Å². The molecule has 4 nitrogen and oxygen atoms in total. The van der Waals surface area contributed by atoms with Gasteiger partial charge in [0.15, 0.2) is 6.30 Å². The van der Waals surface area contributed by atoms with Crippen LogP contribution in [-0.4, -0.2) is 29.3 Å². The fourth-order valence-electron chi connectivity index (χ4n) is 2.00. The molecule has 1 fully saturated rings. The van der Waals surface area contributed by atoms with E-state index >= 15 is 0 Å². The van der Waals surface area contributed by atoms with Gasteiger partial charge in [-0.15, -0.1) is 0 Å². The molecule has 1 atom stereocenters. The second-order valence-corrected chi connectivity index (χ2v) is 4.76. The van der Waals surface area contributed by atoms with Crippen LogP contribution in [0.3, 0.4) is 0 Å². The lowest BCUT2D eigenvalue weighted by atomic mass is 10.1. The van der Waals surface area contributed by atoms with Crippen molar-refractivity contribution in [1.29, 1.82) is 0 Å². The number of alkyl halides is 1. The number of hydroxylamine groups is 2. The Balaban J connectivity index is 0.000000173. The number of rotatable bonds is 1. The molecular weight excluding hydrogens is 269 g/mol. The van der Waals surface area contributed by atoms with Crippen molar-refractivity contribution >= 4 is 11.9 Å². The van der Waals surface area contributed by atoms with Gasteiger partial charge < -0.3 is 5.21 Å². The Labute approximate surface area is 124 Å². The molecule has 2 aliphatic rings. The van der Waals surface area contributed by atoms with Gasteiger partial charge in [0.05, 0.1) is 5.69 Å². The summed E-state index contributed by atoms with van der Waals surface area (Å²) in [5, 5.41) is 15.5. The van der Waals surface area contributed by atoms with Gasteiger partial charge in [0.1, 0.15) is 0 Å². The van der Waals surface area contributed by atoms with Crippen molar-refractivity contribution in [2.45, 2.75) is 25.6 Å². The summed E-state index contributed by atoms with van der Waals surface area (Å²) < 4.78 is 12.3. The highest BCUT2D eigenvalue weighted by atomic mass is 19.1. The zero-order chi connectivity index (χ0) is 14.9. The molecule has 112 valence electrons. The molecule has 0 aliphatic carbocycles. The summed E-state index contributed by atoms with van der Waals surface area (Å²) in [7, 11) is 0. The number of allylic oxidation sites excluding steroid dienone is 3. The predicted molar refractivity (Wildman–Crippen MR) is 82.9 cm³/mol. The third-order valence-electron chi connectivity index (χ3n) is 3.15. The van der Waals surface area contributed by atoms with Crippen LogP contribution in [0.4, 0.5) is 10.1 Å². The molecule has 1 aromatic rings. The van der Waals surface area contributed by atoms with E-state index in [0.29, 0.717) is 13.0 Å². The average Bonchev–Trinajstić information content (AvgIpc) is 2.81. The number of benzene rings is 1. The largest absolute Gasteiger partial charge is 0.311 e. The molecule has 0 amide bonds. The maximum absolute atomic E-state index is 12.3. The van der Waals surface area contributed by atoms with Crippen LogP contribution >= 0.6 is 0 Å². The van der Waals surface area contributed by atoms with Gasteiger partial charge in [0.2, 0.25) is 0 Å². The van der Waals surface area contributed by atoms with Crippen molar-refractivity contribution in [1.82, 2.24) is 5.06 Å². The van der Waals surface area contributed by atoms with Crippen LogP contribution in [-0.2, 0) is 0 Å². The molecule has 1 N–H and O–H groups in total. The average molecular weight is 289 g/mol. The number of nitrogens with zero attached hydrogens (tertiary/aromatic N) is 3. The smallest absolute Gasteiger partial charge is 0.175 e. The zero-order valence-corrected chi connectivity index (χ0v) is 11.8. The second-order valence-electron chi connectivity index (χ2n) is 4.76. The normalized spacial score (nSPS) is 21.6. The van der Waals surface area contributed by atoms with Crippen molar-refractivity contribution in [3.05, 3.63) is 54.8 Å². The van der Waals surface area contributed by atoms with Crippen LogP contribution in [0.15, 0.2) is 59.9 Å². The van der Waals surface area contributed by atoms with Crippen molar-refractivity contribution < 1.29 is 9.60 Å². The highest BCUT2D eigenvalue weighted by molar-refractivity contribution is 5.74. The monoisotopic (exact) mass is 289 g/mol. The molecule has 2 heterocycles. The van der Waals surface area contributed by atoms with E-state index in [1.807, 2.05) is 59.8 Å². The Morgan fingerprint density at radius 1 is 1.10 bits per heavy atom. The van der Waals surface area contributed by atoms with Gasteiger partial charge in [-0.05, 0) is 43.5 Å². The van der Waals surface area contributed by atoms with Crippen LogP contribution in [0.2, 0.25) is 0 Å². The van der Waals surface area contributed by atoms with Crippen molar-refractivity contribution in [3.8, 4) is 0 Å². The molecule has 5 heteroatoms. The van der Waals surface area contributed by atoms with Gasteiger partial charge in [0, 0.05) is 19.0 Å². The summed E-state index contributed by atoms with van der Waals surface area (Å²) in [5.74, 6) is 0. The van der Waals surface area contributed by atoms with Crippen LogP contribution in [0, 0.1) is 0 Å². The molecule has 2 aliphatic heterocycles. The fourth-order valence-corrected chi connectivity index (χ4v) is 2.00. The highest BCUT2D eigenvalue weighted by Crippen LogP contribution is 2.15. The van der Waals surface area contributed by atoms with E-state index < -0.39 is 6.30 Å². The molecule has 3 rings (SSSR count). The fraction of sp³-hybridized carbons (Fsp3) is 0.312. The van der Waals surface area contributed by atoms with Gasteiger partial charge in [-0.25, -0.2) is 9.40 Å². The summed E-state index contributed by atoms with van der Waals surface area (Å²) in [4.78, 5) is 0. The molecule has 0 saturated carbocycles. The van der Waals surface area contributed by atoms with Crippen LogP contribution in [0.5, 0.6) is 0 Å². The molecule has 1 unspecified atom stereocenters. The first-order valence-electron chi connectivity index (χ1n) is 7.08. The molecule has 0 bridgehead atoms. The van der Waals surface area contributed by atoms with Gasteiger partial charge >= 0.3 is 0 Å². The first-order chi connectivity index (χ1) is 10.3. The minimum absolute atomic E-state index is 0.483. The maximum Gasteiger partial charge on any atom is 0.175 e. The highest BCUT2D eigenvalue weighted by Gasteiger charge is 2.18. The number of anilines is 1. The lowest BCUT2D eigenvalue weighted by molar-refractivity contribution is -0.181. The number of halogens is 1. The van der Waals surface area contributed by atoms with Crippen molar-refractivity contribution in [2.75, 3.05) is 11.6 Å². The van der Waals surface area contributed by atoms with Gasteiger partial charge in [-0.2, -0.15) is 10.2 Å². The van der Waals surface area contributed by atoms with Crippen LogP contribution in [0.25, 0.3) is 0 Å². The minimum Gasteiger partial charge on any atom is -0.311 e. The quantitative estimate of drug-likeness (QED) is 0.801. The van der Waals surface area contributed by atoms with Gasteiger partial charge in [-0.3, -0.25) is 0 Å². The molecule has 1 aromatic carbocycles. The summed E-state index contributed by atoms with van der Waals surface area (Å²) in [6.07, 6.45) is 10.7. The lowest BCUT2D eigenvalue weighted by Crippen LogP contribution is -2.33. The third-order valence-corrected chi connectivity index (χ3v) is 3.15. The molecule has 21 heavy (non-hydrogen) atoms. The third kappa shape index (κ3) is 5.13. The zero-order valence-electron chi connectivity index (χ0n) is 11.8. The number of hydrazone groups is 1. The number of hydrogen-bond donors (Lipinski definition) is 1. The van der Waals surface area contributed by atoms with E-state index in [-0.39, 0.29) is 0 Å². The number of para-hydroxylation sites is 1. The number of piperidine rings is 1. The van der Waals surface area contributed by atoms with Crippen molar-refractivity contribution in [2.24, 2.45) is 5.10 Å². The van der Waals surface area contributed by atoms with E-state index in [9.17, 15) is 4.39 Å². The maximum atomic E-state index is 12.3. The topological polar surface area (TPSA) is 39.1 Å². The summed E-state index contributed by atoms with van der Waals surface area (Å²) >= 11 is 0. The Bertz CT molecular complexity index is 476. The lowest BCUT2D eigenvalue weighted by Gasteiger charge is -2.23. The summed E-state index contributed by atoms with van der Waals surface area (Å²) in [6, 6.07) is 10.0. The molecule has 1 saturated heterocycles. The van der Waals surface area contributed by atoms with E-state index in [4.69, 9.17) is 5.21 Å². The van der Waals surface area contributed by atoms with Gasteiger partial charge in [0.25, 0.3) is 0 Å². The molecule has 0 aromatic heterocycles. The standard InChI is InChI=1S/C11H10N2.C5H10FNO/c1-3-7-11(8-4-1)13-10-6-2-5-9-12-13;6-5-3-1-2-4-7(5)8/h1-10H;5,8H,1-4H2. The summed E-state index contributed by atoms with van der Waals surface area (Å²) in [6.45, 7) is 0.487. The molecular formula is C16H20FN3O. The van der Waals surface area contributed by atoms with E-state index in [2.05, 4.69) is 5.10 Å². The summed E-state index contributed by atoms with van der Waals surface area (Å²) in [5.41, 5.74) is 1.07. The van der Waals surface area contributed by atoms with Crippen LogP contribution in [0.1, 0.15) is 19.3 Å². The Morgan fingerprint density at radius 2 is 1.90 bits per heavy atom. The second kappa shape index (κ2) is 8.34. The Morgan fingerprint density at radius 3 is 2.57 bits per heavy atom.